The first-order chi connectivity index (χ1) is 8.42. The fourth-order valence-electron chi connectivity index (χ4n) is 2.39. The summed E-state index contributed by atoms with van der Waals surface area (Å²) in [7, 11) is 0. The number of ether oxygens (including phenoxy) is 1. The third-order valence-electron chi connectivity index (χ3n) is 3.31. The topological polar surface area (TPSA) is 55.7 Å². The van der Waals surface area contributed by atoms with Gasteiger partial charge in [-0.3, -0.25) is 5.10 Å². The molecular weight excluding hydrogens is 216 g/mol. The van der Waals surface area contributed by atoms with Crippen molar-refractivity contribution < 1.29 is 4.74 Å². The van der Waals surface area contributed by atoms with Crippen molar-refractivity contribution in [1.82, 2.24) is 19.7 Å². The monoisotopic (exact) mass is 232 g/mol. The van der Waals surface area contributed by atoms with Crippen molar-refractivity contribution in [3.8, 4) is 0 Å². The molecule has 5 heteroatoms. The lowest BCUT2D eigenvalue weighted by molar-refractivity contribution is -0.0138. The van der Waals surface area contributed by atoms with E-state index in [1.165, 1.54) is 0 Å². The molecule has 2 aromatic heterocycles. The molecule has 0 bridgehead atoms. The molecule has 0 spiro atoms. The van der Waals surface area contributed by atoms with Crippen molar-refractivity contribution in [3.05, 3.63) is 36.7 Å². The molecule has 0 radical (unpaired) electrons. The molecule has 3 rings (SSSR count). The molecule has 1 N–H and O–H groups in total. The Morgan fingerprint density at radius 2 is 2.53 bits per heavy atom. The summed E-state index contributed by atoms with van der Waals surface area (Å²) in [6.07, 6.45) is 11.9. The van der Waals surface area contributed by atoms with Crippen molar-refractivity contribution in [2.75, 3.05) is 6.61 Å². The van der Waals surface area contributed by atoms with Crippen molar-refractivity contribution in [2.24, 2.45) is 5.92 Å². The van der Waals surface area contributed by atoms with Crippen LogP contribution in [0.3, 0.4) is 0 Å². The van der Waals surface area contributed by atoms with Gasteiger partial charge in [-0.05, 0) is 18.8 Å². The van der Waals surface area contributed by atoms with Crippen LogP contribution in [0.5, 0.6) is 0 Å². The van der Waals surface area contributed by atoms with Crippen LogP contribution < -0.4 is 0 Å². The fraction of sp³-hybridized carbons (Fsp3) is 0.500. The minimum atomic E-state index is 0.191. The Hall–Kier alpha value is -1.62. The third kappa shape index (κ3) is 2.39. The highest BCUT2D eigenvalue weighted by molar-refractivity contribution is 5.08. The van der Waals surface area contributed by atoms with Crippen LogP contribution in [0.15, 0.2) is 31.1 Å². The van der Waals surface area contributed by atoms with E-state index in [0.29, 0.717) is 5.92 Å². The van der Waals surface area contributed by atoms with E-state index in [2.05, 4.69) is 19.7 Å². The van der Waals surface area contributed by atoms with Gasteiger partial charge in [-0.1, -0.05) is 0 Å². The van der Waals surface area contributed by atoms with E-state index in [4.69, 9.17) is 4.74 Å². The molecule has 2 unspecified atom stereocenters. The third-order valence-corrected chi connectivity index (χ3v) is 3.31. The first kappa shape index (κ1) is 10.5. The molecule has 90 valence electrons. The number of hydrogen-bond donors (Lipinski definition) is 1. The quantitative estimate of drug-likeness (QED) is 0.877. The zero-order chi connectivity index (χ0) is 11.5. The lowest BCUT2D eigenvalue weighted by Gasteiger charge is -2.29. The lowest BCUT2D eigenvalue weighted by Crippen LogP contribution is -2.22. The molecule has 1 aliphatic rings. The molecule has 0 aliphatic carbocycles. The molecular formula is C12H16N4O. The number of H-pyrrole nitrogens is 1. The van der Waals surface area contributed by atoms with Crippen molar-refractivity contribution in [1.29, 1.82) is 0 Å². The Bertz CT molecular complexity index is 437. The zero-order valence-corrected chi connectivity index (χ0v) is 9.62. The molecule has 1 fully saturated rings. The molecule has 2 atom stereocenters. The smallest absolute Gasteiger partial charge is 0.0945 e. The first-order valence-corrected chi connectivity index (χ1v) is 5.98. The molecule has 1 saturated heterocycles. The summed E-state index contributed by atoms with van der Waals surface area (Å²) in [5.41, 5.74) is 1.15. The van der Waals surface area contributed by atoms with Gasteiger partial charge in [0.1, 0.15) is 0 Å². The van der Waals surface area contributed by atoms with Gasteiger partial charge in [-0.25, -0.2) is 4.98 Å². The Balaban J connectivity index is 1.64. The number of rotatable bonds is 3. The van der Waals surface area contributed by atoms with Gasteiger partial charge in [0.15, 0.2) is 0 Å². The Labute approximate surface area is 99.8 Å². The van der Waals surface area contributed by atoms with Gasteiger partial charge >= 0.3 is 0 Å². The second-order valence-corrected chi connectivity index (χ2v) is 4.54. The van der Waals surface area contributed by atoms with Crippen LogP contribution in [0.4, 0.5) is 0 Å². The number of aromatic nitrogens is 4. The molecule has 0 saturated carbocycles. The molecule has 0 amide bonds. The molecule has 0 aromatic carbocycles. The SMILES string of the molecule is c1cn(CC2CCOC(c3cn[nH]c3)C2)cn1. The summed E-state index contributed by atoms with van der Waals surface area (Å²) < 4.78 is 7.93. The summed E-state index contributed by atoms with van der Waals surface area (Å²) >= 11 is 0. The fourth-order valence-corrected chi connectivity index (χ4v) is 2.39. The van der Waals surface area contributed by atoms with E-state index in [-0.39, 0.29) is 6.10 Å². The molecule has 2 aromatic rings. The van der Waals surface area contributed by atoms with Gasteiger partial charge in [0, 0.05) is 37.3 Å². The second kappa shape index (κ2) is 4.71. The average molecular weight is 232 g/mol. The maximum absolute atomic E-state index is 5.79. The average Bonchev–Trinajstić information content (AvgIpc) is 3.01. The largest absolute Gasteiger partial charge is 0.373 e. The maximum atomic E-state index is 5.79. The Morgan fingerprint density at radius 1 is 1.53 bits per heavy atom. The van der Waals surface area contributed by atoms with Crippen molar-refractivity contribution >= 4 is 0 Å². The van der Waals surface area contributed by atoms with E-state index in [1.54, 1.807) is 0 Å². The van der Waals surface area contributed by atoms with E-state index >= 15 is 0 Å². The van der Waals surface area contributed by atoms with E-state index in [1.807, 2.05) is 31.1 Å². The summed E-state index contributed by atoms with van der Waals surface area (Å²) in [6.45, 7) is 1.85. The van der Waals surface area contributed by atoms with Crippen LogP contribution in [-0.4, -0.2) is 26.4 Å². The Kier molecular flexibility index (Phi) is 2.92. The van der Waals surface area contributed by atoms with Gasteiger partial charge < -0.3 is 9.30 Å². The minimum absolute atomic E-state index is 0.191. The highest BCUT2D eigenvalue weighted by atomic mass is 16.5. The van der Waals surface area contributed by atoms with Crippen LogP contribution in [0.25, 0.3) is 0 Å². The van der Waals surface area contributed by atoms with E-state index in [0.717, 1.165) is 31.6 Å². The van der Waals surface area contributed by atoms with Crippen LogP contribution in [0.1, 0.15) is 24.5 Å². The van der Waals surface area contributed by atoms with Gasteiger partial charge in [0.2, 0.25) is 0 Å². The highest BCUT2D eigenvalue weighted by Gasteiger charge is 2.24. The van der Waals surface area contributed by atoms with E-state index < -0.39 is 0 Å². The number of nitrogens with one attached hydrogen (secondary N) is 1. The molecule has 1 aliphatic heterocycles. The number of aromatic amines is 1. The van der Waals surface area contributed by atoms with Crippen molar-refractivity contribution in [3.63, 3.8) is 0 Å². The van der Waals surface area contributed by atoms with Crippen LogP contribution in [0, 0.1) is 5.92 Å². The maximum Gasteiger partial charge on any atom is 0.0945 e. The van der Waals surface area contributed by atoms with Crippen LogP contribution in [-0.2, 0) is 11.3 Å². The number of imidazole rings is 1. The van der Waals surface area contributed by atoms with E-state index in [9.17, 15) is 0 Å². The molecule has 17 heavy (non-hydrogen) atoms. The second-order valence-electron chi connectivity index (χ2n) is 4.54. The lowest BCUT2D eigenvalue weighted by atomic mass is 9.93. The van der Waals surface area contributed by atoms with Gasteiger partial charge in [0.25, 0.3) is 0 Å². The van der Waals surface area contributed by atoms with Gasteiger partial charge in [0.05, 0.1) is 18.6 Å². The van der Waals surface area contributed by atoms with Crippen LogP contribution in [0.2, 0.25) is 0 Å². The molecule has 3 heterocycles. The summed E-state index contributed by atoms with van der Waals surface area (Å²) in [5.74, 6) is 0.651. The van der Waals surface area contributed by atoms with Gasteiger partial charge in [-0.2, -0.15) is 5.10 Å². The normalized spacial score (nSPS) is 24.9. The summed E-state index contributed by atoms with van der Waals surface area (Å²) in [6, 6.07) is 0. The number of nitrogens with zero attached hydrogens (tertiary/aromatic N) is 3. The summed E-state index contributed by atoms with van der Waals surface area (Å²) in [5, 5.41) is 6.82. The van der Waals surface area contributed by atoms with Gasteiger partial charge in [-0.15, -0.1) is 0 Å². The minimum Gasteiger partial charge on any atom is -0.373 e. The predicted molar refractivity (Wildman–Crippen MR) is 62.2 cm³/mol. The van der Waals surface area contributed by atoms with Crippen molar-refractivity contribution in [2.45, 2.75) is 25.5 Å². The predicted octanol–water partition coefficient (Wildman–Crippen LogP) is 1.77. The molecule has 5 nitrogen and oxygen atoms in total. The number of hydrogen-bond acceptors (Lipinski definition) is 3. The highest BCUT2D eigenvalue weighted by Crippen LogP contribution is 2.31. The van der Waals surface area contributed by atoms with Crippen LogP contribution >= 0.6 is 0 Å². The Morgan fingerprint density at radius 3 is 3.29 bits per heavy atom. The summed E-state index contributed by atoms with van der Waals surface area (Å²) in [4.78, 5) is 4.07. The first-order valence-electron chi connectivity index (χ1n) is 5.98. The standard InChI is InChI=1S/C12H16N4O/c1-4-17-12(11-6-14-15-7-11)5-10(1)8-16-3-2-13-9-16/h2-3,6-7,9-10,12H,1,4-5,8H2,(H,14,15). The zero-order valence-electron chi connectivity index (χ0n) is 9.62.